The Labute approximate surface area is 89.9 Å². The second-order valence-corrected chi connectivity index (χ2v) is 5.52. The first-order chi connectivity index (χ1) is 6.13. The summed E-state index contributed by atoms with van der Waals surface area (Å²) in [5.41, 5.74) is 0. The second kappa shape index (κ2) is 5.02. The van der Waals surface area contributed by atoms with Gasteiger partial charge in [0.15, 0.2) is 0 Å². The molecule has 0 saturated carbocycles. The summed E-state index contributed by atoms with van der Waals surface area (Å²) in [6.45, 7) is 6.48. The Morgan fingerprint density at radius 1 is 1.31 bits per heavy atom. The summed E-state index contributed by atoms with van der Waals surface area (Å²) in [6, 6.07) is 4.46. The molecule has 0 radical (unpaired) electrons. The highest BCUT2D eigenvalue weighted by Gasteiger charge is 2.10. The van der Waals surface area contributed by atoms with E-state index in [9.17, 15) is 0 Å². The quantitative estimate of drug-likeness (QED) is 0.665. The number of thiophene rings is 1. The standard InChI is InChI=1S/C11H17ClS/c1-4-10-5-6-11(13-10)7-8(2)9(3)12/h5-6,8-9H,4,7H2,1-3H3. The number of alkyl halides is 1. The summed E-state index contributed by atoms with van der Waals surface area (Å²) in [5.74, 6) is 0.574. The van der Waals surface area contributed by atoms with Crippen LogP contribution in [0, 0.1) is 5.92 Å². The van der Waals surface area contributed by atoms with Crippen LogP contribution in [0.25, 0.3) is 0 Å². The van der Waals surface area contributed by atoms with Crippen molar-refractivity contribution in [1.82, 2.24) is 0 Å². The summed E-state index contributed by atoms with van der Waals surface area (Å²) < 4.78 is 0. The number of hydrogen-bond donors (Lipinski definition) is 0. The lowest BCUT2D eigenvalue weighted by atomic mass is 10.0. The maximum absolute atomic E-state index is 6.02. The van der Waals surface area contributed by atoms with E-state index in [4.69, 9.17) is 11.6 Å². The number of aryl methyl sites for hydroxylation is 1. The van der Waals surface area contributed by atoms with Crippen LogP contribution in [0.3, 0.4) is 0 Å². The van der Waals surface area contributed by atoms with Gasteiger partial charge in [-0.05, 0) is 37.8 Å². The normalized spacial score (nSPS) is 15.7. The fourth-order valence-corrected chi connectivity index (χ4v) is 2.39. The molecule has 0 spiro atoms. The third-order valence-electron chi connectivity index (χ3n) is 2.37. The van der Waals surface area contributed by atoms with E-state index in [1.807, 2.05) is 11.3 Å². The number of hydrogen-bond acceptors (Lipinski definition) is 1. The van der Waals surface area contributed by atoms with E-state index in [1.165, 1.54) is 9.75 Å². The van der Waals surface area contributed by atoms with Crippen LogP contribution in [-0.2, 0) is 12.8 Å². The minimum Gasteiger partial charge on any atom is -0.145 e. The van der Waals surface area contributed by atoms with Crippen LogP contribution in [0.4, 0.5) is 0 Å². The van der Waals surface area contributed by atoms with E-state index in [1.54, 1.807) is 0 Å². The maximum Gasteiger partial charge on any atom is 0.0336 e. The summed E-state index contributed by atoms with van der Waals surface area (Å²) in [6.07, 6.45) is 2.27. The molecule has 0 aliphatic carbocycles. The molecule has 0 aromatic carbocycles. The molecule has 0 bridgehead atoms. The Hall–Kier alpha value is -0.0100. The SMILES string of the molecule is CCc1ccc(CC(C)C(C)Cl)s1. The first-order valence-electron chi connectivity index (χ1n) is 4.85. The molecule has 0 N–H and O–H groups in total. The predicted molar refractivity (Wildman–Crippen MR) is 61.9 cm³/mol. The highest BCUT2D eigenvalue weighted by molar-refractivity contribution is 7.11. The summed E-state index contributed by atoms with van der Waals surface area (Å²) in [7, 11) is 0. The van der Waals surface area contributed by atoms with Gasteiger partial charge in [-0.2, -0.15) is 0 Å². The average molecular weight is 217 g/mol. The summed E-state index contributed by atoms with van der Waals surface area (Å²) >= 11 is 7.94. The topological polar surface area (TPSA) is 0 Å². The Balaban J connectivity index is 2.53. The van der Waals surface area contributed by atoms with E-state index < -0.39 is 0 Å². The van der Waals surface area contributed by atoms with Crippen molar-refractivity contribution in [2.24, 2.45) is 5.92 Å². The van der Waals surface area contributed by atoms with Crippen molar-refractivity contribution in [3.05, 3.63) is 21.9 Å². The van der Waals surface area contributed by atoms with Crippen LogP contribution in [-0.4, -0.2) is 5.38 Å². The fraction of sp³-hybridized carbons (Fsp3) is 0.636. The molecule has 0 amide bonds. The Morgan fingerprint density at radius 3 is 2.38 bits per heavy atom. The molecule has 13 heavy (non-hydrogen) atoms. The minimum absolute atomic E-state index is 0.271. The highest BCUT2D eigenvalue weighted by atomic mass is 35.5. The average Bonchev–Trinajstić information content (AvgIpc) is 2.52. The summed E-state index contributed by atoms with van der Waals surface area (Å²) in [4.78, 5) is 2.95. The molecule has 1 rings (SSSR count). The lowest BCUT2D eigenvalue weighted by Crippen LogP contribution is -2.09. The molecule has 0 aliphatic rings. The lowest BCUT2D eigenvalue weighted by molar-refractivity contribution is 0.573. The minimum atomic E-state index is 0.271. The van der Waals surface area contributed by atoms with Crippen LogP contribution < -0.4 is 0 Å². The van der Waals surface area contributed by atoms with Crippen LogP contribution in [0.15, 0.2) is 12.1 Å². The van der Waals surface area contributed by atoms with Crippen LogP contribution >= 0.6 is 22.9 Å². The van der Waals surface area contributed by atoms with E-state index >= 15 is 0 Å². The van der Waals surface area contributed by atoms with Crippen molar-refractivity contribution in [3.63, 3.8) is 0 Å². The van der Waals surface area contributed by atoms with Crippen molar-refractivity contribution >= 4 is 22.9 Å². The largest absolute Gasteiger partial charge is 0.145 e. The second-order valence-electron chi connectivity index (χ2n) is 3.58. The Bertz CT molecular complexity index is 252. The van der Waals surface area contributed by atoms with Gasteiger partial charge in [0.05, 0.1) is 0 Å². The zero-order chi connectivity index (χ0) is 9.84. The highest BCUT2D eigenvalue weighted by Crippen LogP contribution is 2.22. The fourth-order valence-electron chi connectivity index (χ4n) is 1.20. The van der Waals surface area contributed by atoms with E-state index in [2.05, 4.69) is 32.9 Å². The molecule has 1 aromatic heterocycles. The third-order valence-corrected chi connectivity index (χ3v) is 4.06. The zero-order valence-electron chi connectivity index (χ0n) is 8.51. The zero-order valence-corrected chi connectivity index (χ0v) is 10.1. The van der Waals surface area contributed by atoms with Gasteiger partial charge in [-0.15, -0.1) is 22.9 Å². The van der Waals surface area contributed by atoms with Gasteiger partial charge in [0.25, 0.3) is 0 Å². The van der Waals surface area contributed by atoms with Crippen molar-refractivity contribution in [2.45, 2.75) is 39.0 Å². The van der Waals surface area contributed by atoms with Gasteiger partial charge in [-0.3, -0.25) is 0 Å². The molecule has 0 nitrogen and oxygen atoms in total. The molecular formula is C11H17ClS. The molecule has 2 atom stereocenters. The molecule has 0 fully saturated rings. The molecule has 1 heterocycles. The molecule has 1 aromatic rings. The van der Waals surface area contributed by atoms with Crippen LogP contribution in [0.1, 0.15) is 30.5 Å². The monoisotopic (exact) mass is 216 g/mol. The summed E-state index contributed by atoms with van der Waals surface area (Å²) in [5, 5.41) is 0.271. The Kier molecular flexibility index (Phi) is 4.27. The van der Waals surface area contributed by atoms with Gasteiger partial charge in [-0.25, -0.2) is 0 Å². The molecule has 2 unspecified atom stereocenters. The van der Waals surface area contributed by atoms with Crippen molar-refractivity contribution in [3.8, 4) is 0 Å². The van der Waals surface area contributed by atoms with Crippen molar-refractivity contribution in [1.29, 1.82) is 0 Å². The van der Waals surface area contributed by atoms with Crippen LogP contribution in [0.2, 0.25) is 0 Å². The maximum atomic E-state index is 6.02. The first-order valence-corrected chi connectivity index (χ1v) is 6.10. The number of halogens is 1. The Morgan fingerprint density at radius 2 is 1.92 bits per heavy atom. The van der Waals surface area contributed by atoms with Gasteiger partial charge < -0.3 is 0 Å². The molecule has 0 aliphatic heterocycles. The molecule has 0 saturated heterocycles. The van der Waals surface area contributed by atoms with Gasteiger partial charge in [0.2, 0.25) is 0 Å². The van der Waals surface area contributed by atoms with E-state index in [0.717, 1.165) is 12.8 Å². The molecule has 74 valence electrons. The van der Waals surface area contributed by atoms with E-state index in [0.29, 0.717) is 5.92 Å². The lowest BCUT2D eigenvalue weighted by Gasteiger charge is -2.11. The van der Waals surface area contributed by atoms with Crippen molar-refractivity contribution < 1.29 is 0 Å². The van der Waals surface area contributed by atoms with Crippen LogP contribution in [0.5, 0.6) is 0 Å². The number of rotatable bonds is 4. The molecule has 2 heteroatoms. The smallest absolute Gasteiger partial charge is 0.0336 e. The van der Waals surface area contributed by atoms with E-state index in [-0.39, 0.29) is 5.38 Å². The third kappa shape index (κ3) is 3.32. The van der Waals surface area contributed by atoms with Gasteiger partial charge in [-0.1, -0.05) is 13.8 Å². The first kappa shape index (κ1) is 11.1. The molecular weight excluding hydrogens is 200 g/mol. The predicted octanol–water partition coefficient (Wildman–Crippen LogP) is 4.12. The van der Waals surface area contributed by atoms with Crippen molar-refractivity contribution in [2.75, 3.05) is 0 Å². The van der Waals surface area contributed by atoms with Gasteiger partial charge in [0.1, 0.15) is 0 Å². The van der Waals surface area contributed by atoms with Gasteiger partial charge in [0, 0.05) is 15.1 Å². The van der Waals surface area contributed by atoms with Gasteiger partial charge >= 0.3 is 0 Å².